The number of hydrogen-bond donors (Lipinski definition) is 1. The van der Waals surface area contributed by atoms with Crippen molar-refractivity contribution in [2.45, 2.75) is 37.2 Å². The molecule has 8 heteroatoms. The van der Waals surface area contributed by atoms with Crippen molar-refractivity contribution < 1.29 is 14.7 Å². The Kier molecular flexibility index (Phi) is 4.86. The van der Waals surface area contributed by atoms with Gasteiger partial charge in [-0.3, -0.25) is 29.3 Å². The highest BCUT2D eigenvalue weighted by molar-refractivity contribution is 6.30. The quantitative estimate of drug-likeness (QED) is 0.742. The van der Waals surface area contributed by atoms with E-state index in [2.05, 4.69) is 9.88 Å². The van der Waals surface area contributed by atoms with Gasteiger partial charge in [0.15, 0.2) is 0 Å². The van der Waals surface area contributed by atoms with E-state index in [1.165, 1.54) is 4.90 Å². The molecular formula is C22H23ClN4O3. The summed E-state index contributed by atoms with van der Waals surface area (Å²) in [4.78, 5) is 36.4. The highest BCUT2D eigenvalue weighted by Gasteiger charge is 2.64. The van der Waals surface area contributed by atoms with Crippen LogP contribution < -0.4 is 0 Å². The fraction of sp³-hybridized carbons (Fsp3) is 0.409. The molecule has 156 valence electrons. The average molecular weight is 427 g/mol. The fourth-order valence-corrected chi connectivity index (χ4v) is 5.23. The lowest BCUT2D eigenvalue weighted by Gasteiger charge is -2.58. The summed E-state index contributed by atoms with van der Waals surface area (Å²) in [7, 11) is 0. The van der Waals surface area contributed by atoms with Gasteiger partial charge in [-0.05, 0) is 35.7 Å². The molecule has 3 aliphatic heterocycles. The van der Waals surface area contributed by atoms with Crippen LogP contribution in [0.4, 0.5) is 0 Å². The van der Waals surface area contributed by atoms with Gasteiger partial charge in [0.1, 0.15) is 5.54 Å². The van der Waals surface area contributed by atoms with Gasteiger partial charge in [-0.25, -0.2) is 0 Å². The number of aliphatic hydroxyl groups is 1. The van der Waals surface area contributed by atoms with Gasteiger partial charge in [0.25, 0.3) is 5.91 Å². The zero-order chi connectivity index (χ0) is 20.9. The highest BCUT2D eigenvalue weighted by atomic mass is 35.5. The van der Waals surface area contributed by atoms with Crippen molar-refractivity contribution >= 4 is 23.4 Å². The maximum absolute atomic E-state index is 13.6. The van der Waals surface area contributed by atoms with Gasteiger partial charge in [-0.15, -0.1) is 0 Å². The van der Waals surface area contributed by atoms with Crippen molar-refractivity contribution in [1.29, 1.82) is 0 Å². The number of carbonyl (C=O) groups excluding carboxylic acids is 2. The van der Waals surface area contributed by atoms with E-state index in [4.69, 9.17) is 11.6 Å². The van der Waals surface area contributed by atoms with Crippen molar-refractivity contribution in [3.63, 3.8) is 0 Å². The number of hydrogen-bond acceptors (Lipinski definition) is 6. The molecule has 1 N–H and O–H groups in total. The van der Waals surface area contributed by atoms with Crippen LogP contribution in [-0.4, -0.2) is 73.9 Å². The number of rotatable bonds is 4. The van der Waals surface area contributed by atoms with Gasteiger partial charge in [-0.1, -0.05) is 29.8 Å². The summed E-state index contributed by atoms with van der Waals surface area (Å²) in [5.74, 6) is -0.409. The Bertz CT molecular complexity index is 979. The number of pyridine rings is 1. The first-order chi connectivity index (χ1) is 14.5. The van der Waals surface area contributed by atoms with Crippen LogP contribution in [0.1, 0.15) is 17.5 Å². The first-order valence-electron chi connectivity index (χ1n) is 10.1. The number of carbonyl (C=O) groups is 2. The molecule has 0 aliphatic carbocycles. The molecule has 2 amide bonds. The normalized spacial score (nSPS) is 26.1. The molecule has 5 rings (SSSR count). The second-order valence-corrected chi connectivity index (χ2v) is 8.89. The Hall–Kier alpha value is -2.32. The number of aromatic nitrogens is 1. The summed E-state index contributed by atoms with van der Waals surface area (Å²) in [5.41, 5.74) is 1.13. The molecule has 1 aromatic carbocycles. The van der Waals surface area contributed by atoms with Crippen molar-refractivity contribution in [3.8, 4) is 0 Å². The van der Waals surface area contributed by atoms with Gasteiger partial charge in [0.2, 0.25) is 5.91 Å². The largest absolute Gasteiger partial charge is 0.392 e. The second-order valence-electron chi connectivity index (χ2n) is 8.46. The monoisotopic (exact) mass is 426 g/mol. The van der Waals surface area contributed by atoms with Crippen LogP contribution in [0.3, 0.4) is 0 Å². The number of β-amino-alcohol motifs (C(OH)–C–C–N with tert-alkyl or cyclic N) is 1. The number of aliphatic hydroxyl groups excluding tert-OH is 1. The Morgan fingerprint density at radius 1 is 1.13 bits per heavy atom. The maximum Gasteiger partial charge on any atom is 0.252 e. The summed E-state index contributed by atoms with van der Waals surface area (Å²) in [6.45, 7) is 2.32. The summed E-state index contributed by atoms with van der Waals surface area (Å²) in [6.07, 6.45) is 3.33. The molecule has 0 bridgehead atoms. The fourth-order valence-electron chi connectivity index (χ4n) is 5.01. The van der Waals surface area contributed by atoms with Crippen LogP contribution in [0.5, 0.6) is 0 Å². The van der Waals surface area contributed by atoms with E-state index in [9.17, 15) is 14.7 Å². The number of benzene rings is 1. The van der Waals surface area contributed by atoms with Crippen molar-refractivity contribution in [1.82, 2.24) is 19.7 Å². The molecule has 1 aromatic heterocycles. The van der Waals surface area contributed by atoms with Crippen molar-refractivity contribution in [2.75, 3.05) is 19.6 Å². The molecule has 3 saturated heterocycles. The zero-order valence-corrected chi connectivity index (χ0v) is 17.2. The first kappa shape index (κ1) is 19.6. The summed E-state index contributed by atoms with van der Waals surface area (Å²) in [6, 6.07) is 10.7. The number of amides is 2. The molecule has 30 heavy (non-hydrogen) atoms. The SMILES string of the molecule is O=C1C2CC(O)CN2C2(CN(Cc3cccnc3)C2)C(=O)N1Cc1cccc(Cl)c1. The van der Waals surface area contributed by atoms with Crippen molar-refractivity contribution in [3.05, 3.63) is 64.9 Å². The van der Waals surface area contributed by atoms with Crippen LogP contribution in [0.25, 0.3) is 0 Å². The van der Waals surface area contributed by atoms with Crippen LogP contribution in [-0.2, 0) is 22.7 Å². The third-order valence-corrected chi connectivity index (χ3v) is 6.59. The predicted octanol–water partition coefficient (Wildman–Crippen LogP) is 1.29. The van der Waals surface area contributed by atoms with E-state index in [1.54, 1.807) is 18.3 Å². The van der Waals surface area contributed by atoms with E-state index in [1.807, 2.05) is 35.4 Å². The standard InChI is InChI=1S/C22H23ClN4O3/c23-17-5-1-3-15(7-17)11-26-20(29)19-8-18(28)12-27(19)22(21(26)30)13-25(14-22)10-16-4-2-6-24-9-16/h1-7,9,18-19,28H,8,10-14H2. The van der Waals surface area contributed by atoms with E-state index >= 15 is 0 Å². The Morgan fingerprint density at radius 2 is 1.93 bits per heavy atom. The minimum absolute atomic E-state index is 0.180. The number of imide groups is 1. The van der Waals surface area contributed by atoms with E-state index in [0.717, 1.165) is 11.1 Å². The number of likely N-dealkylation sites (tertiary alicyclic amines) is 1. The number of fused-ring (bicyclic) bond motifs is 2. The zero-order valence-electron chi connectivity index (χ0n) is 16.4. The minimum Gasteiger partial charge on any atom is -0.392 e. The highest BCUT2D eigenvalue weighted by Crippen LogP contribution is 2.41. The molecule has 0 radical (unpaired) electrons. The van der Waals surface area contributed by atoms with Crippen LogP contribution in [0.15, 0.2) is 48.8 Å². The molecule has 7 nitrogen and oxygen atoms in total. The Balaban J connectivity index is 1.40. The topological polar surface area (TPSA) is 77.0 Å². The molecule has 2 aromatic rings. The molecular weight excluding hydrogens is 404 g/mol. The Labute approximate surface area is 179 Å². The maximum atomic E-state index is 13.6. The van der Waals surface area contributed by atoms with Crippen LogP contribution in [0, 0.1) is 0 Å². The van der Waals surface area contributed by atoms with E-state index < -0.39 is 17.7 Å². The number of halogens is 1. The van der Waals surface area contributed by atoms with Crippen LogP contribution in [0.2, 0.25) is 5.02 Å². The first-order valence-corrected chi connectivity index (χ1v) is 10.5. The molecule has 1 spiro atoms. The minimum atomic E-state index is -0.767. The van der Waals surface area contributed by atoms with Gasteiger partial charge in [-0.2, -0.15) is 0 Å². The third-order valence-electron chi connectivity index (χ3n) is 6.35. The molecule has 3 fully saturated rings. The number of nitrogens with zero attached hydrogens (tertiary/aromatic N) is 4. The molecule has 0 saturated carbocycles. The van der Waals surface area contributed by atoms with Gasteiger partial charge in [0.05, 0.1) is 18.7 Å². The van der Waals surface area contributed by atoms with E-state index in [-0.39, 0.29) is 18.4 Å². The van der Waals surface area contributed by atoms with Gasteiger partial charge < -0.3 is 5.11 Å². The lowest BCUT2D eigenvalue weighted by Crippen LogP contribution is -2.81. The predicted molar refractivity (Wildman–Crippen MR) is 110 cm³/mol. The average Bonchev–Trinajstić information content (AvgIpc) is 3.10. The molecule has 3 aliphatic rings. The smallest absolute Gasteiger partial charge is 0.252 e. The third kappa shape index (κ3) is 3.22. The van der Waals surface area contributed by atoms with Gasteiger partial charge in [0, 0.05) is 43.6 Å². The molecule has 2 atom stereocenters. The molecule has 4 heterocycles. The van der Waals surface area contributed by atoms with Gasteiger partial charge >= 0.3 is 0 Å². The van der Waals surface area contributed by atoms with Crippen molar-refractivity contribution in [2.24, 2.45) is 0 Å². The summed E-state index contributed by atoms with van der Waals surface area (Å²) >= 11 is 6.09. The van der Waals surface area contributed by atoms with E-state index in [0.29, 0.717) is 37.6 Å². The second kappa shape index (κ2) is 7.42. The van der Waals surface area contributed by atoms with Crippen LogP contribution >= 0.6 is 11.6 Å². The lowest BCUT2D eigenvalue weighted by atomic mass is 9.82. The number of piperazine rings is 1. The summed E-state index contributed by atoms with van der Waals surface area (Å²) < 4.78 is 0. The lowest BCUT2D eigenvalue weighted by molar-refractivity contribution is -0.181. The Morgan fingerprint density at radius 3 is 2.67 bits per heavy atom. The summed E-state index contributed by atoms with van der Waals surface area (Å²) in [5, 5.41) is 10.8. The molecule has 2 unspecified atom stereocenters.